The van der Waals surface area contributed by atoms with E-state index in [0.717, 1.165) is 62.3 Å². The predicted octanol–water partition coefficient (Wildman–Crippen LogP) is 7.36. The monoisotopic (exact) mass is 703 g/mol. The third-order valence-corrected chi connectivity index (χ3v) is 9.05. The summed E-state index contributed by atoms with van der Waals surface area (Å²) in [4.78, 5) is 33.8. The Hall–Kier alpha value is -5.22. The Bertz CT molecular complexity index is 2080. The highest BCUT2D eigenvalue weighted by Gasteiger charge is 2.22. The van der Waals surface area contributed by atoms with Gasteiger partial charge in [-0.3, -0.25) is 19.6 Å². The topological polar surface area (TPSA) is 107 Å². The van der Waals surface area contributed by atoms with E-state index in [0.29, 0.717) is 49.6 Å². The number of nitrogens with zero attached hydrogens (tertiary/aromatic N) is 3. The zero-order valence-electron chi connectivity index (χ0n) is 26.5. The van der Waals surface area contributed by atoms with Gasteiger partial charge in [0.15, 0.2) is 0 Å². The summed E-state index contributed by atoms with van der Waals surface area (Å²) in [5, 5.41) is 6.59. The number of hydrogen-bond donors (Lipinski definition) is 2. The highest BCUT2D eigenvalue weighted by molar-refractivity contribution is 9.10. The summed E-state index contributed by atoms with van der Waals surface area (Å²) in [6.45, 7) is 3.01. The van der Waals surface area contributed by atoms with Gasteiger partial charge >= 0.3 is 0 Å². The number of halogens is 1. The fourth-order valence-electron chi connectivity index (χ4n) is 6.04. The minimum absolute atomic E-state index is 0.0274. The molecular formula is C38H34BrN5O4. The SMILES string of the molecule is Cc1cc(-c2cc3c(c(OCc4ccncc4)c2)NC(=O)CC3)cn(C/C=C2/CCc3cc(Br)cc(OCc4ccncc4)c3N2)c1=O. The lowest BCUT2D eigenvalue weighted by Gasteiger charge is -2.24. The zero-order chi connectivity index (χ0) is 33.0. The summed E-state index contributed by atoms with van der Waals surface area (Å²) in [5.41, 5.74) is 9.30. The van der Waals surface area contributed by atoms with Crippen LogP contribution in [0.5, 0.6) is 11.5 Å². The van der Waals surface area contributed by atoms with Crippen LogP contribution in [-0.2, 0) is 37.4 Å². The van der Waals surface area contributed by atoms with Crippen molar-refractivity contribution in [3.63, 3.8) is 0 Å². The molecule has 5 heterocycles. The van der Waals surface area contributed by atoms with Gasteiger partial charge in [-0.25, -0.2) is 0 Å². The van der Waals surface area contributed by atoms with Gasteiger partial charge in [0.25, 0.3) is 5.56 Å². The largest absolute Gasteiger partial charge is 0.487 e. The summed E-state index contributed by atoms with van der Waals surface area (Å²) in [5.74, 6) is 1.34. The molecule has 0 radical (unpaired) electrons. The van der Waals surface area contributed by atoms with Gasteiger partial charge in [-0.15, -0.1) is 0 Å². The van der Waals surface area contributed by atoms with E-state index < -0.39 is 0 Å². The van der Waals surface area contributed by atoms with Crippen molar-refractivity contribution in [3.05, 3.63) is 140 Å². The number of amides is 1. The van der Waals surface area contributed by atoms with Gasteiger partial charge in [-0.05, 0) is 120 Å². The summed E-state index contributed by atoms with van der Waals surface area (Å²) >= 11 is 3.63. The summed E-state index contributed by atoms with van der Waals surface area (Å²) < 4.78 is 15.2. The Labute approximate surface area is 286 Å². The molecule has 1 amide bonds. The van der Waals surface area contributed by atoms with Crippen LogP contribution in [0.15, 0.2) is 107 Å². The first-order valence-corrected chi connectivity index (χ1v) is 16.7. The number of anilines is 2. The third kappa shape index (κ3) is 7.03. The third-order valence-electron chi connectivity index (χ3n) is 8.59. The number of fused-ring (bicyclic) bond motifs is 2. The highest BCUT2D eigenvalue weighted by Crippen LogP contribution is 2.39. The number of benzene rings is 2. The molecule has 0 aliphatic carbocycles. The molecule has 0 saturated heterocycles. The van der Waals surface area contributed by atoms with Crippen molar-refractivity contribution in [2.45, 2.75) is 52.4 Å². The van der Waals surface area contributed by atoms with Crippen LogP contribution in [0, 0.1) is 6.92 Å². The van der Waals surface area contributed by atoms with Gasteiger partial charge < -0.3 is 24.7 Å². The highest BCUT2D eigenvalue weighted by atomic mass is 79.9. The number of carbonyl (C=O) groups is 1. The van der Waals surface area contributed by atoms with Crippen LogP contribution >= 0.6 is 15.9 Å². The van der Waals surface area contributed by atoms with Crippen molar-refractivity contribution >= 4 is 33.2 Å². The fourth-order valence-corrected chi connectivity index (χ4v) is 6.53. The van der Waals surface area contributed by atoms with Gasteiger partial charge in [-0.1, -0.05) is 15.9 Å². The van der Waals surface area contributed by atoms with Crippen LogP contribution < -0.4 is 25.7 Å². The minimum atomic E-state index is -0.0449. The van der Waals surface area contributed by atoms with Crippen molar-refractivity contribution in [2.24, 2.45) is 0 Å². The van der Waals surface area contributed by atoms with E-state index in [4.69, 9.17) is 9.47 Å². The lowest BCUT2D eigenvalue weighted by Crippen LogP contribution is -2.22. The van der Waals surface area contributed by atoms with E-state index >= 15 is 0 Å². The van der Waals surface area contributed by atoms with Crippen LogP contribution in [0.4, 0.5) is 11.4 Å². The van der Waals surface area contributed by atoms with Crippen LogP contribution in [0.2, 0.25) is 0 Å². The van der Waals surface area contributed by atoms with Gasteiger partial charge in [0.1, 0.15) is 24.7 Å². The molecule has 242 valence electrons. The second kappa shape index (κ2) is 13.9. The number of nitrogens with one attached hydrogen (secondary N) is 2. The first-order chi connectivity index (χ1) is 23.4. The predicted molar refractivity (Wildman–Crippen MR) is 189 cm³/mol. The van der Waals surface area contributed by atoms with Crippen molar-refractivity contribution < 1.29 is 14.3 Å². The average molecular weight is 705 g/mol. The van der Waals surface area contributed by atoms with Crippen molar-refractivity contribution in [2.75, 3.05) is 10.6 Å². The van der Waals surface area contributed by atoms with Crippen LogP contribution in [-0.4, -0.2) is 20.4 Å². The van der Waals surface area contributed by atoms with Crippen molar-refractivity contribution in [3.8, 4) is 22.6 Å². The zero-order valence-corrected chi connectivity index (χ0v) is 28.0. The Kier molecular flexibility index (Phi) is 9.07. The first-order valence-electron chi connectivity index (χ1n) is 15.9. The van der Waals surface area contributed by atoms with Crippen LogP contribution in [0.1, 0.15) is 40.7 Å². The molecular weight excluding hydrogens is 670 g/mol. The molecule has 10 heteroatoms. The summed E-state index contributed by atoms with van der Waals surface area (Å²) in [6.07, 6.45) is 13.6. The average Bonchev–Trinajstić information content (AvgIpc) is 3.11. The van der Waals surface area contributed by atoms with E-state index in [1.807, 2.05) is 55.6 Å². The number of carbonyl (C=O) groups excluding carboxylic acids is 1. The van der Waals surface area contributed by atoms with Crippen LogP contribution in [0.25, 0.3) is 11.1 Å². The smallest absolute Gasteiger partial charge is 0.253 e. The number of rotatable bonds is 9. The Morgan fingerprint density at radius 3 is 2.10 bits per heavy atom. The Morgan fingerprint density at radius 1 is 0.771 bits per heavy atom. The maximum Gasteiger partial charge on any atom is 0.253 e. The lowest BCUT2D eigenvalue weighted by molar-refractivity contribution is -0.116. The fraction of sp³-hybridized carbons (Fsp3) is 0.211. The number of pyridine rings is 3. The Balaban J connectivity index is 1.14. The van der Waals surface area contributed by atoms with Gasteiger partial charge in [-0.2, -0.15) is 0 Å². The van der Waals surface area contributed by atoms with E-state index in [-0.39, 0.29) is 11.5 Å². The lowest BCUT2D eigenvalue weighted by atomic mass is 9.96. The van der Waals surface area contributed by atoms with E-state index in [2.05, 4.69) is 54.7 Å². The maximum absolute atomic E-state index is 13.3. The minimum Gasteiger partial charge on any atom is -0.487 e. The number of hydrogen-bond acceptors (Lipinski definition) is 7. The molecule has 0 atom stereocenters. The molecule has 3 aromatic heterocycles. The molecule has 0 bridgehead atoms. The quantitative estimate of drug-likeness (QED) is 0.165. The first kappa shape index (κ1) is 31.4. The molecule has 2 aliphatic rings. The molecule has 9 nitrogen and oxygen atoms in total. The molecule has 7 rings (SSSR count). The summed E-state index contributed by atoms with van der Waals surface area (Å²) in [7, 11) is 0. The Morgan fingerprint density at radius 2 is 1.40 bits per heavy atom. The number of aromatic nitrogens is 3. The summed E-state index contributed by atoms with van der Waals surface area (Å²) in [6, 6.07) is 17.7. The molecule has 2 N–H and O–H groups in total. The van der Waals surface area contributed by atoms with Crippen molar-refractivity contribution in [1.82, 2.24) is 14.5 Å². The van der Waals surface area contributed by atoms with Gasteiger partial charge in [0.05, 0.1) is 11.4 Å². The maximum atomic E-state index is 13.3. The molecule has 0 fully saturated rings. The molecule has 2 aliphatic heterocycles. The van der Waals surface area contributed by atoms with Gasteiger partial charge in [0, 0.05) is 59.7 Å². The molecule has 2 aromatic carbocycles. The van der Waals surface area contributed by atoms with E-state index in [9.17, 15) is 9.59 Å². The number of aryl methyl sites for hydroxylation is 3. The van der Waals surface area contributed by atoms with Crippen molar-refractivity contribution in [1.29, 1.82) is 0 Å². The van der Waals surface area contributed by atoms with Gasteiger partial charge in [0.2, 0.25) is 5.91 Å². The van der Waals surface area contributed by atoms with Crippen LogP contribution in [0.3, 0.4) is 0 Å². The molecule has 5 aromatic rings. The number of ether oxygens (including phenoxy) is 2. The second-order valence-electron chi connectivity index (χ2n) is 12.0. The molecule has 48 heavy (non-hydrogen) atoms. The molecule has 0 spiro atoms. The van der Waals surface area contributed by atoms with E-state index in [1.54, 1.807) is 29.4 Å². The molecule has 0 saturated carbocycles. The number of allylic oxidation sites excluding steroid dienone is 2. The molecule has 0 unspecified atom stereocenters. The second-order valence-corrected chi connectivity index (χ2v) is 12.9. The standard InChI is InChI=1S/C38H34BrN5O4/c1-24-16-30(29-17-27-3-5-35(45)43-37(27)33(19-29)47-22-25-6-11-40-12-7-25)21-44(38(24)46)15-10-32-4-2-28-18-31(39)20-34(36(28)42-32)48-23-26-8-13-41-14-9-26/h6-14,16-21,42H,2-5,15,22-23H2,1H3,(H,43,45)/b32-10-. The van der Waals surface area contributed by atoms with E-state index in [1.165, 1.54) is 5.56 Å². The normalized spacial score (nSPS) is 14.5.